The number of carbonyl (C=O) groups is 1. The quantitative estimate of drug-likeness (QED) is 0.484. The summed E-state index contributed by atoms with van der Waals surface area (Å²) in [5.41, 5.74) is -0.248. The molecule has 19 heavy (non-hydrogen) atoms. The topological polar surface area (TPSA) is 103 Å². The number of rotatable bonds is 3. The van der Waals surface area contributed by atoms with Crippen LogP contribution in [0.1, 0.15) is 18.2 Å². The summed E-state index contributed by atoms with van der Waals surface area (Å²) in [4.78, 5) is 34.3. The summed E-state index contributed by atoms with van der Waals surface area (Å²) in [7, 11) is 2.72. The first kappa shape index (κ1) is 13.1. The summed E-state index contributed by atoms with van der Waals surface area (Å²) in [5, 5.41) is 13.6. The van der Waals surface area contributed by atoms with Crippen LogP contribution in [-0.2, 0) is 16.0 Å². The Hall–Kier alpha value is -2.38. The van der Waals surface area contributed by atoms with Crippen molar-refractivity contribution in [3.63, 3.8) is 0 Å². The highest BCUT2D eigenvalue weighted by Crippen LogP contribution is 2.32. The molecule has 0 saturated heterocycles. The lowest BCUT2D eigenvalue weighted by atomic mass is 10.2. The van der Waals surface area contributed by atoms with E-state index in [1.165, 1.54) is 20.2 Å². The van der Waals surface area contributed by atoms with Crippen molar-refractivity contribution < 1.29 is 14.5 Å². The molecule has 0 fully saturated rings. The SMILES string of the molecule is CNc1cc([N+](=O)[O-])c2n(c1=O)C(C(=O)OC)CC2. The van der Waals surface area contributed by atoms with E-state index in [1.54, 1.807) is 0 Å². The van der Waals surface area contributed by atoms with Gasteiger partial charge in [0.15, 0.2) is 0 Å². The number of esters is 1. The Morgan fingerprint density at radius 1 is 1.63 bits per heavy atom. The molecule has 1 aromatic heterocycles. The zero-order valence-corrected chi connectivity index (χ0v) is 10.5. The Labute approximate surface area is 108 Å². The summed E-state index contributed by atoms with van der Waals surface area (Å²) in [5.74, 6) is -0.566. The van der Waals surface area contributed by atoms with Crippen LogP contribution in [0.15, 0.2) is 10.9 Å². The number of carbonyl (C=O) groups excluding carboxylic acids is 1. The smallest absolute Gasteiger partial charge is 0.328 e. The second-order valence-electron chi connectivity index (χ2n) is 4.15. The lowest BCUT2D eigenvalue weighted by molar-refractivity contribution is -0.386. The van der Waals surface area contributed by atoms with E-state index in [2.05, 4.69) is 10.1 Å². The van der Waals surface area contributed by atoms with Crippen molar-refractivity contribution in [2.24, 2.45) is 0 Å². The average molecular weight is 267 g/mol. The van der Waals surface area contributed by atoms with Crippen LogP contribution in [-0.4, -0.2) is 29.6 Å². The van der Waals surface area contributed by atoms with E-state index in [0.29, 0.717) is 12.8 Å². The molecule has 8 heteroatoms. The van der Waals surface area contributed by atoms with Gasteiger partial charge in [-0.15, -0.1) is 0 Å². The molecule has 1 aromatic rings. The number of hydrogen-bond donors (Lipinski definition) is 1. The van der Waals surface area contributed by atoms with Gasteiger partial charge in [0.1, 0.15) is 17.4 Å². The molecule has 0 aromatic carbocycles. The van der Waals surface area contributed by atoms with Crippen LogP contribution in [0.5, 0.6) is 0 Å². The normalized spacial score (nSPS) is 16.8. The molecule has 102 valence electrons. The number of hydrogen-bond acceptors (Lipinski definition) is 6. The van der Waals surface area contributed by atoms with E-state index in [4.69, 9.17) is 0 Å². The Morgan fingerprint density at radius 3 is 2.84 bits per heavy atom. The average Bonchev–Trinajstić information content (AvgIpc) is 2.83. The van der Waals surface area contributed by atoms with E-state index >= 15 is 0 Å². The number of pyridine rings is 1. The van der Waals surface area contributed by atoms with E-state index in [1.807, 2.05) is 0 Å². The standard InChI is InChI=1S/C11H13N3O5/c1-12-6-5-9(14(17)18)7-3-4-8(11(16)19-2)13(7)10(6)15/h5,8,12H,3-4H2,1-2H3. The minimum absolute atomic E-state index is 0.0891. The van der Waals surface area contributed by atoms with Crippen molar-refractivity contribution in [1.29, 1.82) is 0 Å². The van der Waals surface area contributed by atoms with Gasteiger partial charge in [0, 0.05) is 13.1 Å². The predicted molar refractivity (Wildman–Crippen MR) is 66.3 cm³/mol. The van der Waals surface area contributed by atoms with E-state index in [-0.39, 0.29) is 17.1 Å². The maximum Gasteiger partial charge on any atom is 0.328 e. The van der Waals surface area contributed by atoms with Gasteiger partial charge < -0.3 is 10.1 Å². The first-order valence-corrected chi connectivity index (χ1v) is 5.69. The molecular formula is C11H13N3O5. The number of aromatic nitrogens is 1. The second-order valence-corrected chi connectivity index (χ2v) is 4.15. The number of nitro groups is 1. The molecule has 0 spiro atoms. The van der Waals surface area contributed by atoms with Gasteiger partial charge in [-0.3, -0.25) is 19.5 Å². The number of ether oxygens (including phenoxy) is 1. The van der Waals surface area contributed by atoms with Crippen LogP contribution in [0, 0.1) is 10.1 Å². The van der Waals surface area contributed by atoms with Crippen LogP contribution in [0.3, 0.4) is 0 Å². The van der Waals surface area contributed by atoms with Crippen molar-refractivity contribution in [3.8, 4) is 0 Å². The Balaban J connectivity index is 2.70. The Morgan fingerprint density at radius 2 is 2.32 bits per heavy atom. The van der Waals surface area contributed by atoms with E-state index in [0.717, 1.165) is 4.57 Å². The number of methoxy groups -OCH3 is 1. The summed E-state index contributed by atoms with van der Waals surface area (Å²) >= 11 is 0. The fourth-order valence-electron chi connectivity index (χ4n) is 2.33. The molecule has 1 aliphatic rings. The molecule has 8 nitrogen and oxygen atoms in total. The van der Waals surface area contributed by atoms with Crippen LogP contribution in [0.25, 0.3) is 0 Å². The van der Waals surface area contributed by atoms with Crippen LogP contribution in [0.4, 0.5) is 11.4 Å². The third-order valence-corrected chi connectivity index (χ3v) is 3.22. The van der Waals surface area contributed by atoms with Gasteiger partial charge in [0.25, 0.3) is 11.2 Å². The van der Waals surface area contributed by atoms with E-state index in [9.17, 15) is 19.7 Å². The highest BCUT2D eigenvalue weighted by Gasteiger charge is 2.35. The second kappa shape index (κ2) is 4.71. The lowest BCUT2D eigenvalue weighted by Gasteiger charge is -2.13. The minimum atomic E-state index is -0.792. The molecule has 0 aliphatic carbocycles. The monoisotopic (exact) mass is 267 g/mol. The third-order valence-electron chi connectivity index (χ3n) is 3.22. The maximum atomic E-state index is 12.2. The number of fused-ring (bicyclic) bond motifs is 1. The summed E-state index contributed by atoms with van der Waals surface area (Å²) in [6.07, 6.45) is 0.630. The first-order chi connectivity index (χ1) is 9.01. The predicted octanol–water partition coefficient (Wildman–Crippen LogP) is 0.458. The number of nitrogens with zero attached hydrogens (tertiary/aromatic N) is 2. The molecule has 0 bridgehead atoms. The van der Waals surface area contributed by atoms with Crippen molar-refractivity contribution in [3.05, 3.63) is 32.2 Å². The fraction of sp³-hybridized carbons (Fsp3) is 0.455. The van der Waals surface area contributed by atoms with Crippen LogP contribution in [0.2, 0.25) is 0 Å². The van der Waals surface area contributed by atoms with Gasteiger partial charge in [-0.25, -0.2) is 4.79 Å². The highest BCUT2D eigenvalue weighted by molar-refractivity contribution is 5.75. The first-order valence-electron chi connectivity index (χ1n) is 5.69. The lowest BCUT2D eigenvalue weighted by Crippen LogP contribution is -2.30. The van der Waals surface area contributed by atoms with Crippen LogP contribution < -0.4 is 10.9 Å². The number of anilines is 1. The van der Waals surface area contributed by atoms with Gasteiger partial charge in [-0.2, -0.15) is 0 Å². The summed E-state index contributed by atoms with van der Waals surface area (Å²) in [6.45, 7) is 0. The Kier molecular flexibility index (Phi) is 3.24. The molecule has 2 rings (SSSR count). The zero-order valence-electron chi connectivity index (χ0n) is 10.5. The fourth-order valence-corrected chi connectivity index (χ4v) is 2.33. The van der Waals surface area contributed by atoms with Crippen LogP contribution >= 0.6 is 0 Å². The van der Waals surface area contributed by atoms with Gasteiger partial charge in [-0.1, -0.05) is 0 Å². The Bertz CT molecular complexity index is 607. The van der Waals surface area contributed by atoms with Crippen molar-refractivity contribution in [1.82, 2.24) is 4.57 Å². The van der Waals surface area contributed by atoms with Gasteiger partial charge in [-0.05, 0) is 12.8 Å². The molecule has 1 N–H and O–H groups in total. The molecule has 0 saturated carbocycles. The molecule has 0 amide bonds. The van der Waals surface area contributed by atoms with E-state index < -0.39 is 22.5 Å². The number of nitrogens with one attached hydrogen (secondary N) is 1. The largest absolute Gasteiger partial charge is 0.467 e. The zero-order chi connectivity index (χ0) is 14.2. The summed E-state index contributed by atoms with van der Waals surface area (Å²) < 4.78 is 5.79. The molecule has 2 heterocycles. The molecule has 1 unspecified atom stereocenters. The van der Waals surface area contributed by atoms with Crippen molar-refractivity contribution in [2.45, 2.75) is 18.9 Å². The summed E-state index contributed by atoms with van der Waals surface area (Å²) in [6, 6.07) is 0.410. The molecule has 1 aliphatic heterocycles. The highest BCUT2D eigenvalue weighted by atomic mass is 16.6. The van der Waals surface area contributed by atoms with Crippen molar-refractivity contribution in [2.75, 3.05) is 19.5 Å². The molecule has 1 atom stereocenters. The van der Waals surface area contributed by atoms with Gasteiger partial charge in [0.2, 0.25) is 0 Å². The van der Waals surface area contributed by atoms with Gasteiger partial charge >= 0.3 is 5.97 Å². The minimum Gasteiger partial charge on any atom is -0.467 e. The molecule has 0 radical (unpaired) electrons. The molecular weight excluding hydrogens is 254 g/mol. The van der Waals surface area contributed by atoms with Gasteiger partial charge in [0.05, 0.1) is 12.0 Å². The third kappa shape index (κ3) is 1.94. The van der Waals surface area contributed by atoms with Crippen molar-refractivity contribution >= 4 is 17.3 Å². The maximum absolute atomic E-state index is 12.2.